The number of para-hydroxylation sites is 1. The normalized spacial score (nSPS) is 16.1. The Hall–Kier alpha value is -2.34. The Bertz CT molecular complexity index is 719. The van der Waals surface area contributed by atoms with Crippen molar-refractivity contribution in [3.05, 3.63) is 36.0 Å². The summed E-state index contributed by atoms with van der Waals surface area (Å²) in [4.78, 5) is 29.2. The van der Waals surface area contributed by atoms with Crippen LogP contribution in [0.4, 0.5) is 0 Å². The fourth-order valence-corrected chi connectivity index (χ4v) is 3.18. The van der Waals surface area contributed by atoms with Gasteiger partial charge in [-0.2, -0.15) is 0 Å². The summed E-state index contributed by atoms with van der Waals surface area (Å²) in [6, 6.07) is 7.25. The van der Waals surface area contributed by atoms with Crippen molar-refractivity contribution in [3.8, 4) is 0 Å². The topological polar surface area (TPSA) is 91.2 Å². The third kappa shape index (κ3) is 3.76. The van der Waals surface area contributed by atoms with Crippen molar-refractivity contribution in [1.82, 2.24) is 15.2 Å². The van der Waals surface area contributed by atoms with E-state index in [-0.39, 0.29) is 18.4 Å². The first-order chi connectivity index (χ1) is 11.6. The molecule has 4 N–H and O–H groups in total. The number of nitrogens with one attached hydrogen (secondary N) is 2. The van der Waals surface area contributed by atoms with E-state index in [9.17, 15) is 9.59 Å². The van der Waals surface area contributed by atoms with Crippen molar-refractivity contribution in [2.45, 2.75) is 31.7 Å². The minimum atomic E-state index is -0.668. The fourth-order valence-electron chi connectivity index (χ4n) is 3.18. The number of benzene rings is 1. The monoisotopic (exact) mass is 328 g/mol. The van der Waals surface area contributed by atoms with E-state index in [0.29, 0.717) is 6.42 Å². The third-order valence-electron chi connectivity index (χ3n) is 4.57. The van der Waals surface area contributed by atoms with Crippen molar-refractivity contribution in [3.63, 3.8) is 0 Å². The van der Waals surface area contributed by atoms with E-state index in [2.05, 4.69) is 10.3 Å². The Morgan fingerprint density at radius 1 is 1.21 bits per heavy atom. The van der Waals surface area contributed by atoms with Gasteiger partial charge in [-0.05, 0) is 37.3 Å². The van der Waals surface area contributed by atoms with E-state index < -0.39 is 6.04 Å². The highest BCUT2D eigenvalue weighted by Crippen LogP contribution is 2.18. The lowest BCUT2D eigenvalue weighted by molar-refractivity contribution is -0.133. The molecule has 0 bridgehead atoms. The summed E-state index contributed by atoms with van der Waals surface area (Å²) in [7, 11) is 0. The number of nitrogens with zero attached hydrogens (tertiary/aromatic N) is 1. The average molecular weight is 328 g/mol. The minimum absolute atomic E-state index is 0.0256. The first-order valence-electron chi connectivity index (χ1n) is 8.51. The number of carbonyl (C=O) groups excluding carboxylic acids is 2. The maximum atomic E-state index is 12.2. The highest BCUT2D eigenvalue weighted by Gasteiger charge is 2.20. The van der Waals surface area contributed by atoms with E-state index in [0.717, 1.165) is 42.4 Å². The number of likely N-dealkylation sites (tertiary alicyclic amines) is 1. The van der Waals surface area contributed by atoms with Gasteiger partial charge in [0.25, 0.3) is 0 Å². The molecule has 2 aromatic rings. The van der Waals surface area contributed by atoms with Crippen molar-refractivity contribution in [1.29, 1.82) is 0 Å². The zero-order valence-corrected chi connectivity index (χ0v) is 13.8. The van der Waals surface area contributed by atoms with Crippen LogP contribution in [0.2, 0.25) is 0 Å². The second-order valence-corrected chi connectivity index (χ2v) is 6.33. The number of rotatable bonds is 5. The van der Waals surface area contributed by atoms with Gasteiger partial charge in [0.2, 0.25) is 11.8 Å². The van der Waals surface area contributed by atoms with E-state index in [1.54, 1.807) is 0 Å². The molecule has 24 heavy (non-hydrogen) atoms. The second kappa shape index (κ2) is 7.49. The molecule has 0 spiro atoms. The molecule has 0 aliphatic carbocycles. The first-order valence-corrected chi connectivity index (χ1v) is 8.51. The maximum absolute atomic E-state index is 12.2. The minimum Gasteiger partial charge on any atom is -0.361 e. The predicted octanol–water partition coefficient (Wildman–Crippen LogP) is 1.17. The molecule has 1 aromatic carbocycles. The lowest BCUT2D eigenvalue weighted by Crippen LogP contribution is -2.47. The Labute approximate surface area is 141 Å². The molecule has 1 saturated heterocycles. The zero-order valence-electron chi connectivity index (χ0n) is 13.8. The van der Waals surface area contributed by atoms with Gasteiger partial charge in [-0.15, -0.1) is 0 Å². The summed E-state index contributed by atoms with van der Waals surface area (Å²) in [6.45, 7) is 1.60. The lowest BCUT2D eigenvalue weighted by Gasteiger charge is -2.27. The van der Waals surface area contributed by atoms with Gasteiger partial charge in [-0.3, -0.25) is 9.59 Å². The van der Waals surface area contributed by atoms with E-state index in [1.165, 1.54) is 6.42 Å². The molecule has 3 rings (SSSR count). The second-order valence-electron chi connectivity index (χ2n) is 6.33. The van der Waals surface area contributed by atoms with Crippen LogP contribution >= 0.6 is 0 Å². The smallest absolute Gasteiger partial charge is 0.241 e. The van der Waals surface area contributed by atoms with Crippen molar-refractivity contribution < 1.29 is 9.59 Å². The molecular formula is C18H24N4O2. The number of fused-ring (bicyclic) bond motifs is 1. The standard InChI is InChI=1S/C18H24N4O2/c19-15(10-13-11-20-16-7-3-2-6-14(13)16)18(24)21-12-17(23)22-8-4-1-5-9-22/h2-3,6-7,11,15,20H,1,4-5,8-10,12,19H2,(H,21,24)/t15-/m0/s1. The molecule has 1 aliphatic rings. The van der Waals surface area contributed by atoms with Crippen LogP contribution in [0.15, 0.2) is 30.5 Å². The van der Waals surface area contributed by atoms with E-state index in [1.807, 2.05) is 35.4 Å². The highest BCUT2D eigenvalue weighted by atomic mass is 16.2. The molecule has 0 saturated carbocycles. The first kappa shape index (κ1) is 16.5. The number of hydrogen-bond donors (Lipinski definition) is 3. The third-order valence-corrected chi connectivity index (χ3v) is 4.57. The summed E-state index contributed by atoms with van der Waals surface area (Å²) < 4.78 is 0. The predicted molar refractivity (Wildman–Crippen MR) is 93.4 cm³/mol. The van der Waals surface area contributed by atoms with Gasteiger partial charge < -0.3 is 20.9 Å². The number of hydrogen-bond acceptors (Lipinski definition) is 3. The van der Waals surface area contributed by atoms with Crippen LogP contribution in [0.3, 0.4) is 0 Å². The molecule has 1 atom stereocenters. The lowest BCUT2D eigenvalue weighted by atomic mass is 10.1. The summed E-state index contributed by atoms with van der Waals surface area (Å²) >= 11 is 0. The van der Waals surface area contributed by atoms with E-state index >= 15 is 0 Å². The molecular weight excluding hydrogens is 304 g/mol. The number of carbonyl (C=O) groups is 2. The van der Waals surface area contributed by atoms with Crippen LogP contribution in [0, 0.1) is 0 Å². The van der Waals surface area contributed by atoms with Crippen LogP contribution in [0.25, 0.3) is 10.9 Å². The van der Waals surface area contributed by atoms with Crippen LogP contribution in [0.1, 0.15) is 24.8 Å². The van der Waals surface area contributed by atoms with Crippen LogP contribution in [-0.4, -0.2) is 47.4 Å². The Morgan fingerprint density at radius 3 is 2.75 bits per heavy atom. The fraction of sp³-hybridized carbons (Fsp3) is 0.444. The SMILES string of the molecule is N[C@@H](Cc1c[nH]c2ccccc12)C(=O)NCC(=O)N1CCCCC1. The van der Waals surface area contributed by atoms with Gasteiger partial charge in [-0.1, -0.05) is 18.2 Å². The molecule has 6 heteroatoms. The molecule has 1 aromatic heterocycles. The maximum Gasteiger partial charge on any atom is 0.241 e. The van der Waals surface area contributed by atoms with Crippen molar-refractivity contribution in [2.75, 3.05) is 19.6 Å². The number of aromatic amines is 1. The zero-order chi connectivity index (χ0) is 16.9. The van der Waals surface area contributed by atoms with Gasteiger partial charge >= 0.3 is 0 Å². The largest absolute Gasteiger partial charge is 0.361 e. The number of amides is 2. The van der Waals surface area contributed by atoms with Gasteiger partial charge in [0.15, 0.2) is 0 Å². The summed E-state index contributed by atoms with van der Waals surface area (Å²) in [5.41, 5.74) is 8.05. The molecule has 128 valence electrons. The Morgan fingerprint density at radius 2 is 1.96 bits per heavy atom. The molecule has 0 radical (unpaired) electrons. The van der Waals surface area contributed by atoms with Crippen LogP contribution < -0.4 is 11.1 Å². The number of aromatic nitrogens is 1. The van der Waals surface area contributed by atoms with Crippen LogP contribution in [-0.2, 0) is 16.0 Å². The molecule has 6 nitrogen and oxygen atoms in total. The summed E-state index contributed by atoms with van der Waals surface area (Å²) in [5, 5.41) is 3.75. The van der Waals surface area contributed by atoms with Gasteiger partial charge in [-0.25, -0.2) is 0 Å². The van der Waals surface area contributed by atoms with E-state index in [4.69, 9.17) is 5.73 Å². The number of piperidine rings is 1. The number of nitrogens with two attached hydrogens (primary N) is 1. The summed E-state index contributed by atoms with van der Waals surface area (Å²) in [5.74, 6) is -0.312. The number of H-pyrrole nitrogens is 1. The van der Waals surface area contributed by atoms with Crippen molar-refractivity contribution in [2.24, 2.45) is 5.73 Å². The molecule has 2 heterocycles. The van der Waals surface area contributed by atoms with Gasteiger partial charge in [0.05, 0.1) is 12.6 Å². The highest BCUT2D eigenvalue weighted by molar-refractivity contribution is 5.89. The molecule has 2 amide bonds. The van der Waals surface area contributed by atoms with Gasteiger partial charge in [0, 0.05) is 30.2 Å². The van der Waals surface area contributed by atoms with Gasteiger partial charge in [0.1, 0.15) is 0 Å². The van der Waals surface area contributed by atoms with Crippen molar-refractivity contribution >= 4 is 22.7 Å². The summed E-state index contributed by atoms with van der Waals surface area (Å²) in [6.07, 6.45) is 5.58. The molecule has 0 unspecified atom stereocenters. The molecule has 1 fully saturated rings. The Kier molecular flexibility index (Phi) is 5.15. The van der Waals surface area contributed by atoms with Crippen LogP contribution in [0.5, 0.6) is 0 Å². The Balaban J connectivity index is 1.52. The quantitative estimate of drug-likeness (QED) is 0.769. The molecule has 1 aliphatic heterocycles. The average Bonchev–Trinajstić information content (AvgIpc) is 3.03.